The number of allylic oxidation sites excluding steroid dienone is 2. The number of anilines is 1. The summed E-state index contributed by atoms with van der Waals surface area (Å²) >= 11 is 0. The van der Waals surface area contributed by atoms with E-state index >= 15 is 0 Å². The van der Waals surface area contributed by atoms with Gasteiger partial charge in [-0.1, -0.05) is 72.4 Å². The Hall–Kier alpha value is -2.90. The molecule has 0 aliphatic heterocycles. The van der Waals surface area contributed by atoms with Crippen molar-refractivity contribution in [2.75, 3.05) is 11.4 Å². The lowest BCUT2D eigenvalue weighted by molar-refractivity contribution is 0.714. The molecule has 0 aromatic heterocycles. The van der Waals surface area contributed by atoms with E-state index in [9.17, 15) is 0 Å². The first-order valence-corrected chi connectivity index (χ1v) is 8.89. The smallest absolute Gasteiger partial charge is 0.117 e. The molecule has 1 heteroatoms. The molecule has 0 saturated carbocycles. The minimum Gasteiger partial charge on any atom is -0.342 e. The Bertz CT molecular complexity index is 800. The summed E-state index contributed by atoms with van der Waals surface area (Å²) in [5.41, 5.74) is 3.53. The molecule has 124 valence electrons. The molecule has 0 radical (unpaired) electrons. The molecule has 25 heavy (non-hydrogen) atoms. The Balaban J connectivity index is 1.99. The Morgan fingerprint density at radius 2 is 1.68 bits per heavy atom. The van der Waals surface area contributed by atoms with Crippen molar-refractivity contribution in [3.8, 4) is 24.2 Å². The number of terminal acetylenes is 1. The molecule has 1 aliphatic carbocycles. The molecule has 0 N–H and O–H groups in total. The Kier molecular flexibility index (Phi) is 5.97. The van der Waals surface area contributed by atoms with Gasteiger partial charge in [-0.15, -0.1) is 6.42 Å². The number of nitrogens with zero attached hydrogens (tertiary/aromatic N) is 1. The van der Waals surface area contributed by atoms with Gasteiger partial charge in [-0.2, -0.15) is 0 Å². The van der Waals surface area contributed by atoms with Crippen molar-refractivity contribution < 1.29 is 0 Å². The third-order valence-electron chi connectivity index (χ3n) is 4.44. The van der Waals surface area contributed by atoms with E-state index in [0.717, 1.165) is 18.5 Å². The van der Waals surface area contributed by atoms with Gasteiger partial charge in [0.2, 0.25) is 0 Å². The molecule has 1 nitrogen and oxygen atoms in total. The normalized spacial score (nSPS) is 14.4. The SMILES string of the molecule is C#CCN(c1ccccc1)C(C#CC1=CCCCC1)c1ccccc1. The number of hydrogen-bond acceptors (Lipinski definition) is 1. The second-order valence-electron chi connectivity index (χ2n) is 6.23. The zero-order valence-corrected chi connectivity index (χ0v) is 14.5. The molecule has 1 atom stereocenters. The summed E-state index contributed by atoms with van der Waals surface area (Å²) in [6, 6.07) is 20.6. The van der Waals surface area contributed by atoms with Crippen LogP contribution >= 0.6 is 0 Å². The fourth-order valence-corrected chi connectivity index (χ4v) is 3.14. The molecule has 0 fully saturated rings. The standard InChI is InChI=1S/C24H23N/c1-2-20-25(23-16-10-5-11-17-23)24(22-14-8-4-9-15-22)19-18-21-12-6-3-7-13-21/h1,4-5,8-12,14-17,24H,3,6-7,13,20H2. The van der Waals surface area contributed by atoms with Crippen LogP contribution < -0.4 is 4.90 Å². The second-order valence-corrected chi connectivity index (χ2v) is 6.23. The zero-order valence-electron chi connectivity index (χ0n) is 14.5. The van der Waals surface area contributed by atoms with Crippen LogP contribution in [0.4, 0.5) is 5.69 Å². The molecule has 1 aliphatic rings. The molecule has 3 rings (SSSR count). The van der Waals surface area contributed by atoms with Gasteiger partial charge in [0, 0.05) is 5.69 Å². The van der Waals surface area contributed by atoms with Crippen LogP contribution in [0.5, 0.6) is 0 Å². The van der Waals surface area contributed by atoms with Crippen LogP contribution in [0.25, 0.3) is 0 Å². The van der Waals surface area contributed by atoms with Crippen molar-refractivity contribution in [3.63, 3.8) is 0 Å². The number of hydrogen-bond donors (Lipinski definition) is 0. The predicted molar refractivity (Wildman–Crippen MR) is 106 cm³/mol. The molecule has 0 saturated heterocycles. The predicted octanol–water partition coefficient (Wildman–Crippen LogP) is 5.37. The van der Waals surface area contributed by atoms with Crippen molar-refractivity contribution >= 4 is 5.69 Å². The number of rotatable bonds is 4. The lowest BCUT2D eigenvalue weighted by atomic mass is 9.98. The fraction of sp³-hybridized carbons (Fsp3) is 0.250. The lowest BCUT2D eigenvalue weighted by Gasteiger charge is -2.29. The van der Waals surface area contributed by atoms with Gasteiger partial charge >= 0.3 is 0 Å². The van der Waals surface area contributed by atoms with Gasteiger partial charge in [0.25, 0.3) is 0 Å². The molecular formula is C24H23N. The van der Waals surface area contributed by atoms with Crippen molar-refractivity contribution in [2.24, 2.45) is 0 Å². The number of benzene rings is 2. The zero-order chi connectivity index (χ0) is 17.3. The van der Waals surface area contributed by atoms with E-state index in [1.54, 1.807) is 0 Å². The lowest BCUT2D eigenvalue weighted by Crippen LogP contribution is -2.28. The van der Waals surface area contributed by atoms with Crippen molar-refractivity contribution in [2.45, 2.75) is 31.7 Å². The highest BCUT2D eigenvalue weighted by molar-refractivity contribution is 5.53. The highest BCUT2D eigenvalue weighted by atomic mass is 15.2. The van der Waals surface area contributed by atoms with E-state index in [0.29, 0.717) is 6.54 Å². The van der Waals surface area contributed by atoms with Crippen molar-refractivity contribution in [1.82, 2.24) is 0 Å². The first kappa shape index (κ1) is 16.9. The van der Waals surface area contributed by atoms with E-state index in [4.69, 9.17) is 6.42 Å². The summed E-state index contributed by atoms with van der Waals surface area (Å²) < 4.78 is 0. The number of para-hydroxylation sites is 1. The minimum absolute atomic E-state index is 0.0533. The third-order valence-corrected chi connectivity index (χ3v) is 4.44. The van der Waals surface area contributed by atoms with Gasteiger partial charge in [-0.05, 0) is 49.0 Å². The maximum absolute atomic E-state index is 5.67. The van der Waals surface area contributed by atoms with Gasteiger partial charge in [-0.25, -0.2) is 0 Å². The quantitative estimate of drug-likeness (QED) is 0.683. The molecule has 2 aromatic carbocycles. The van der Waals surface area contributed by atoms with E-state index in [1.165, 1.54) is 24.0 Å². The Morgan fingerprint density at radius 1 is 0.960 bits per heavy atom. The summed E-state index contributed by atoms with van der Waals surface area (Å²) in [6.45, 7) is 0.525. The van der Waals surface area contributed by atoms with Gasteiger partial charge in [0.05, 0.1) is 6.54 Å². The van der Waals surface area contributed by atoms with Crippen LogP contribution in [0, 0.1) is 24.2 Å². The summed E-state index contributed by atoms with van der Waals surface area (Å²) in [6.07, 6.45) is 12.7. The first-order valence-electron chi connectivity index (χ1n) is 8.89. The van der Waals surface area contributed by atoms with Gasteiger partial charge in [0.1, 0.15) is 6.04 Å². The molecule has 0 heterocycles. The average molecular weight is 325 g/mol. The highest BCUT2D eigenvalue weighted by Crippen LogP contribution is 2.27. The first-order chi connectivity index (χ1) is 12.4. The maximum Gasteiger partial charge on any atom is 0.117 e. The van der Waals surface area contributed by atoms with E-state index in [2.05, 4.69) is 65.1 Å². The second kappa shape index (κ2) is 8.81. The van der Waals surface area contributed by atoms with Crippen LogP contribution in [-0.2, 0) is 0 Å². The van der Waals surface area contributed by atoms with E-state index in [1.807, 2.05) is 24.3 Å². The summed E-state index contributed by atoms with van der Waals surface area (Å²) in [5.74, 6) is 9.73. The monoisotopic (exact) mass is 325 g/mol. The van der Waals surface area contributed by atoms with Gasteiger partial charge < -0.3 is 4.90 Å². The summed E-state index contributed by atoms with van der Waals surface area (Å²) in [4.78, 5) is 2.20. The fourth-order valence-electron chi connectivity index (χ4n) is 3.14. The van der Waals surface area contributed by atoms with Crippen LogP contribution in [0.2, 0.25) is 0 Å². The summed E-state index contributed by atoms with van der Waals surface area (Å²) in [5, 5.41) is 0. The third kappa shape index (κ3) is 4.56. The Morgan fingerprint density at radius 3 is 2.32 bits per heavy atom. The molecule has 0 spiro atoms. The molecule has 0 amide bonds. The molecule has 1 unspecified atom stereocenters. The van der Waals surface area contributed by atoms with E-state index in [-0.39, 0.29) is 6.04 Å². The van der Waals surface area contributed by atoms with E-state index < -0.39 is 0 Å². The van der Waals surface area contributed by atoms with Gasteiger partial charge in [-0.3, -0.25) is 0 Å². The highest BCUT2D eigenvalue weighted by Gasteiger charge is 2.18. The van der Waals surface area contributed by atoms with Crippen molar-refractivity contribution in [3.05, 3.63) is 77.9 Å². The largest absolute Gasteiger partial charge is 0.342 e. The van der Waals surface area contributed by atoms with Crippen LogP contribution in [0.3, 0.4) is 0 Å². The van der Waals surface area contributed by atoms with Crippen LogP contribution in [0.15, 0.2) is 72.3 Å². The maximum atomic E-state index is 5.67. The topological polar surface area (TPSA) is 3.24 Å². The van der Waals surface area contributed by atoms with Crippen molar-refractivity contribution in [1.29, 1.82) is 0 Å². The molecular weight excluding hydrogens is 302 g/mol. The average Bonchev–Trinajstić information content (AvgIpc) is 2.69. The molecule has 0 bridgehead atoms. The minimum atomic E-state index is -0.0533. The molecule has 2 aromatic rings. The summed E-state index contributed by atoms with van der Waals surface area (Å²) in [7, 11) is 0. The van der Waals surface area contributed by atoms with Crippen LogP contribution in [0.1, 0.15) is 37.3 Å². The Labute approximate surface area is 151 Å². The van der Waals surface area contributed by atoms with Crippen LogP contribution in [-0.4, -0.2) is 6.54 Å². The van der Waals surface area contributed by atoms with Gasteiger partial charge in [0.15, 0.2) is 0 Å².